The van der Waals surface area contributed by atoms with Crippen LogP contribution >= 0.6 is 0 Å². The lowest BCUT2D eigenvalue weighted by Crippen LogP contribution is -2.36. The molecule has 0 spiro atoms. The molecule has 29 heavy (non-hydrogen) atoms. The van der Waals surface area contributed by atoms with Gasteiger partial charge in [-0.15, -0.1) is 0 Å². The van der Waals surface area contributed by atoms with Gasteiger partial charge in [0.2, 0.25) is 0 Å². The summed E-state index contributed by atoms with van der Waals surface area (Å²) in [4.78, 5) is 29.7. The number of rotatable bonds is 8. The number of carbonyl (C=O) groups is 2. The number of imide groups is 1. The van der Waals surface area contributed by atoms with Crippen molar-refractivity contribution in [3.8, 4) is 5.75 Å². The van der Waals surface area contributed by atoms with E-state index < -0.39 is 0 Å². The van der Waals surface area contributed by atoms with Crippen molar-refractivity contribution in [2.45, 2.75) is 27.3 Å². The number of likely N-dealkylation sites (N-methyl/N-ethyl adjacent to an activating group) is 1. The van der Waals surface area contributed by atoms with E-state index in [0.29, 0.717) is 31.0 Å². The van der Waals surface area contributed by atoms with Crippen molar-refractivity contribution in [3.05, 3.63) is 71.4 Å². The third-order valence-corrected chi connectivity index (χ3v) is 4.79. The number of nitrogens with zero attached hydrogens (tertiary/aromatic N) is 2. The Morgan fingerprint density at radius 1 is 0.966 bits per heavy atom. The third-order valence-electron chi connectivity index (χ3n) is 4.79. The van der Waals surface area contributed by atoms with Crippen LogP contribution in [0.25, 0.3) is 5.57 Å². The monoisotopic (exact) mass is 392 g/mol. The number of benzene rings is 2. The van der Waals surface area contributed by atoms with E-state index in [-0.39, 0.29) is 17.7 Å². The van der Waals surface area contributed by atoms with Gasteiger partial charge >= 0.3 is 0 Å². The van der Waals surface area contributed by atoms with Gasteiger partial charge in [0.1, 0.15) is 11.4 Å². The highest BCUT2D eigenvalue weighted by Gasteiger charge is 2.40. The number of hydrogen-bond donors (Lipinski definition) is 0. The number of ether oxygens (including phenoxy) is 1. The Kier molecular flexibility index (Phi) is 6.37. The summed E-state index contributed by atoms with van der Waals surface area (Å²) in [5.41, 5.74) is 2.71. The highest BCUT2D eigenvalue weighted by Crippen LogP contribution is 2.33. The molecule has 152 valence electrons. The van der Waals surface area contributed by atoms with E-state index in [2.05, 4.69) is 0 Å². The summed E-state index contributed by atoms with van der Waals surface area (Å²) in [7, 11) is 1.86. The van der Waals surface area contributed by atoms with Crippen molar-refractivity contribution in [3.63, 3.8) is 0 Å². The minimum absolute atomic E-state index is 0.197. The fraction of sp³-hybridized carbons (Fsp3) is 0.333. The molecule has 0 saturated heterocycles. The summed E-state index contributed by atoms with van der Waals surface area (Å²) < 4.78 is 5.51. The first kappa shape index (κ1) is 20.6. The second-order valence-corrected chi connectivity index (χ2v) is 7.64. The molecule has 0 atom stereocenters. The largest absolute Gasteiger partial charge is 0.494 e. The molecule has 2 amide bonds. The van der Waals surface area contributed by atoms with Crippen LogP contribution in [0.1, 0.15) is 31.9 Å². The quantitative estimate of drug-likeness (QED) is 0.638. The number of amides is 2. The zero-order valence-electron chi connectivity index (χ0n) is 17.5. The first-order valence-electron chi connectivity index (χ1n) is 10.0. The van der Waals surface area contributed by atoms with E-state index in [1.807, 2.05) is 87.3 Å². The van der Waals surface area contributed by atoms with Crippen molar-refractivity contribution in [2.75, 3.05) is 20.2 Å². The lowest BCUT2D eigenvalue weighted by atomic mass is 10.0. The molecule has 0 radical (unpaired) electrons. The van der Waals surface area contributed by atoms with E-state index in [1.54, 1.807) is 0 Å². The van der Waals surface area contributed by atoms with Crippen LogP contribution in [0.4, 0.5) is 0 Å². The van der Waals surface area contributed by atoms with Crippen LogP contribution in [0.15, 0.2) is 60.3 Å². The molecule has 0 saturated carbocycles. The SMILES string of the molecule is CCOc1ccc(C2=C(N(C)Cc3ccccc3)C(=O)N(CC(C)C)C2=O)cc1. The molecule has 0 fully saturated rings. The van der Waals surface area contributed by atoms with Crippen LogP contribution in [-0.4, -0.2) is 41.8 Å². The van der Waals surface area contributed by atoms with Gasteiger partial charge in [0, 0.05) is 20.1 Å². The lowest BCUT2D eigenvalue weighted by Gasteiger charge is -2.22. The average Bonchev–Trinajstić information content (AvgIpc) is 2.94. The molecule has 5 nitrogen and oxygen atoms in total. The molecular weight excluding hydrogens is 364 g/mol. The van der Waals surface area contributed by atoms with Crippen molar-refractivity contribution < 1.29 is 14.3 Å². The Bertz CT molecular complexity index is 901. The predicted molar refractivity (Wildman–Crippen MR) is 114 cm³/mol. The number of hydrogen-bond acceptors (Lipinski definition) is 4. The summed E-state index contributed by atoms with van der Waals surface area (Å²) in [6.45, 7) is 7.46. The van der Waals surface area contributed by atoms with Gasteiger partial charge in [-0.25, -0.2) is 0 Å². The average molecular weight is 392 g/mol. The fourth-order valence-electron chi connectivity index (χ4n) is 3.53. The molecule has 0 unspecified atom stereocenters. The molecule has 2 aromatic rings. The zero-order chi connectivity index (χ0) is 21.0. The van der Waals surface area contributed by atoms with Crippen LogP contribution in [0, 0.1) is 5.92 Å². The summed E-state index contributed by atoms with van der Waals surface area (Å²) in [6, 6.07) is 17.3. The van der Waals surface area contributed by atoms with Gasteiger partial charge in [0.05, 0.1) is 12.2 Å². The minimum Gasteiger partial charge on any atom is -0.494 e. The molecule has 1 heterocycles. The third kappa shape index (κ3) is 4.50. The topological polar surface area (TPSA) is 49.9 Å². The van der Waals surface area contributed by atoms with E-state index in [0.717, 1.165) is 16.9 Å². The second kappa shape index (κ2) is 8.95. The van der Waals surface area contributed by atoms with Gasteiger partial charge in [-0.05, 0) is 36.1 Å². The fourth-order valence-corrected chi connectivity index (χ4v) is 3.53. The molecule has 0 aliphatic carbocycles. The lowest BCUT2D eigenvalue weighted by molar-refractivity contribution is -0.138. The maximum absolute atomic E-state index is 13.2. The van der Waals surface area contributed by atoms with E-state index in [4.69, 9.17) is 4.74 Å². The standard InChI is InChI=1S/C24H28N2O3/c1-5-29-20-13-11-19(12-14-20)21-22(24(28)26(23(21)27)15-17(2)3)25(4)16-18-9-7-6-8-10-18/h6-14,17H,5,15-16H2,1-4H3. The summed E-state index contributed by atoms with van der Waals surface area (Å²) in [5, 5.41) is 0. The molecule has 0 aromatic heterocycles. The molecule has 2 aromatic carbocycles. The first-order valence-corrected chi connectivity index (χ1v) is 10.0. The predicted octanol–water partition coefficient (Wildman–Crippen LogP) is 3.95. The smallest absolute Gasteiger partial charge is 0.277 e. The van der Waals surface area contributed by atoms with Crippen molar-refractivity contribution in [1.82, 2.24) is 9.80 Å². The van der Waals surface area contributed by atoms with E-state index in [9.17, 15) is 9.59 Å². The summed E-state index contributed by atoms with van der Waals surface area (Å²) in [5.74, 6) is 0.476. The van der Waals surface area contributed by atoms with Gasteiger partial charge in [0.25, 0.3) is 11.8 Å². The molecule has 5 heteroatoms. The van der Waals surface area contributed by atoms with Gasteiger partial charge < -0.3 is 9.64 Å². The molecule has 0 N–H and O–H groups in total. The van der Waals surface area contributed by atoms with Crippen LogP contribution in [-0.2, 0) is 16.1 Å². The normalized spacial score (nSPS) is 14.2. The maximum atomic E-state index is 13.2. The Hall–Kier alpha value is -3.08. The molecule has 1 aliphatic heterocycles. The van der Waals surface area contributed by atoms with Crippen molar-refractivity contribution in [2.24, 2.45) is 5.92 Å². The van der Waals surface area contributed by atoms with Gasteiger partial charge in [0.15, 0.2) is 0 Å². The maximum Gasteiger partial charge on any atom is 0.277 e. The van der Waals surface area contributed by atoms with Crippen LogP contribution < -0.4 is 4.74 Å². The zero-order valence-corrected chi connectivity index (χ0v) is 17.5. The highest BCUT2D eigenvalue weighted by atomic mass is 16.5. The van der Waals surface area contributed by atoms with Gasteiger partial charge in [-0.1, -0.05) is 56.3 Å². The summed E-state index contributed by atoms with van der Waals surface area (Å²) in [6.07, 6.45) is 0. The first-order chi connectivity index (χ1) is 13.9. The Labute approximate surface area is 172 Å². The number of carbonyl (C=O) groups excluding carboxylic acids is 2. The minimum atomic E-state index is -0.234. The summed E-state index contributed by atoms with van der Waals surface area (Å²) >= 11 is 0. The van der Waals surface area contributed by atoms with Gasteiger partial charge in [-0.3, -0.25) is 14.5 Å². The Morgan fingerprint density at radius 3 is 2.21 bits per heavy atom. The second-order valence-electron chi connectivity index (χ2n) is 7.64. The molecule has 3 rings (SSSR count). The van der Waals surface area contributed by atoms with E-state index >= 15 is 0 Å². The van der Waals surface area contributed by atoms with Crippen LogP contribution in [0.3, 0.4) is 0 Å². The highest BCUT2D eigenvalue weighted by molar-refractivity contribution is 6.35. The Morgan fingerprint density at radius 2 is 1.62 bits per heavy atom. The van der Waals surface area contributed by atoms with Crippen LogP contribution in [0.5, 0.6) is 5.75 Å². The van der Waals surface area contributed by atoms with Crippen LogP contribution in [0.2, 0.25) is 0 Å². The molecular formula is C24H28N2O3. The molecule has 0 bridgehead atoms. The Balaban J connectivity index is 2.00. The van der Waals surface area contributed by atoms with Crippen molar-refractivity contribution in [1.29, 1.82) is 0 Å². The van der Waals surface area contributed by atoms with Gasteiger partial charge in [-0.2, -0.15) is 0 Å². The molecule has 1 aliphatic rings. The van der Waals surface area contributed by atoms with Crippen molar-refractivity contribution >= 4 is 17.4 Å². The van der Waals surface area contributed by atoms with E-state index in [1.165, 1.54) is 4.90 Å².